The highest BCUT2D eigenvalue weighted by atomic mass is 32.2. The van der Waals surface area contributed by atoms with Gasteiger partial charge in [0.05, 0.1) is 7.11 Å². The van der Waals surface area contributed by atoms with Crippen molar-refractivity contribution in [2.24, 2.45) is 0 Å². The Morgan fingerprint density at radius 3 is 2.71 bits per heavy atom. The molecule has 1 heterocycles. The topological polar surface area (TPSA) is 32.7 Å². The Morgan fingerprint density at radius 1 is 1.17 bits per heavy atom. The highest BCUT2D eigenvalue weighted by molar-refractivity contribution is 7.98. The van der Waals surface area contributed by atoms with Gasteiger partial charge in [-0.3, -0.25) is 0 Å². The lowest BCUT2D eigenvalue weighted by molar-refractivity contribution is 0.0635. The highest BCUT2D eigenvalue weighted by Gasteiger charge is 2.37. The van der Waals surface area contributed by atoms with Crippen LogP contribution in [0.4, 0.5) is 0 Å². The molecule has 1 aliphatic rings. The van der Waals surface area contributed by atoms with E-state index in [-0.39, 0.29) is 0 Å². The van der Waals surface area contributed by atoms with Crippen LogP contribution in [0.3, 0.4) is 0 Å². The van der Waals surface area contributed by atoms with Gasteiger partial charge in [-0.2, -0.15) is 0 Å². The standard InChI is InChI=1S/C20H25NO2S/c1-21(2)12-6-11-20(22)17-8-5-4-7-15(17)14-24-19-13-16(23-3)9-10-18(19)20/h4-5,7-10,13,22H,6,11-12,14H2,1-3H3/t20-/m1/s1. The van der Waals surface area contributed by atoms with E-state index < -0.39 is 5.60 Å². The molecule has 24 heavy (non-hydrogen) atoms. The third kappa shape index (κ3) is 3.32. The molecule has 3 rings (SSSR count). The lowest BCUT2D eigenvalue weighted by Crippen LogP contribution is -2.30. The van der Waals surface area contributed by atoms with Crippen molar-refractivity contribution in [1.29, 1.82) is 0 Å². The maximum absolute atomic E-state index is 11.8. The number of hydrogen-bond donors (Lipinski definition) is 1. The van der Waals surface area contributed by atoms with Crippen LogP contribution in [-0.4, -0.2) is 37.8 Å². The zero-order chi connectivity index (χ0) is 17.2. The molecule has 1 aliphatic heterocycles. The van der Waals surface area contributed by atoms with E-state index in [0.717, 1.165) is 40.5 Å². The smallest absolute Gasteiger partial charge is 0.120 e. The van der Waals surface area contributed by atoms with Gasteiger partial charge in [-0.15, -0.1) is 11.8 Å². The van der Waals surface area contributed by atoms with E-state index in [1.807, 2.05) is 24.3 Å². The Morgan fingerprint density at radius 2 is 1.96 bits per heavy atom. The summed E-state index contributed by atoms with van der Waals surface area (Å²) in [5.74, 6) is 1.70. The van der Waals surface area contributed by atoms with Gasteiger partial charge in [0, 0.05) is 16.2 Å². The van der Waals surface area contributed by atoms with E-state index in [1.165, 1.54) is 5.56 Å². The molecule has 1 atom stereocenters. The van der Waals surface area contributed by atoms with Crippen LogP contribution >= 0.6 is 11.8 Å². The molecular weight excluding hydrogens is 318 g/mol. The second kappa shape index (κ2) is 7.18. The van der Waals surface area contributed by atoms with Crippen LogP contribution in [0, 0.1) is 0 Å². The summed E-state index contributed by atoms with van der Waals surface area (Å²) in [6, 6.07) is 14.3. The molecule has 0 unspecified atom stereocenters. The summed E-state index contributed by atoms with van der Waals surface area (Å²) in [6.07, 6.45) is 1.65. The first kappa shape index (κ1) is 17.3. The largest absolute Gasteiger partial charge is 0.497 e. The summed E-state index contributed by atoms with van der Waals surface area (Å²) in [7, 11) is 5.82. The van der Waals surface area contributed by atoms with Crippen LogP contribution in [0.25, 0.3) is 0 Å². The number of rotatable bonds is 5. The molecule has 0 radical (unpaired) electrons. The number of aliphatic hydroxyl groups is 1. The van der Waals surface area contributed by atoms with Crippen molar-refractivity contribution in [2.45, 2.75) is 29.1 Å². The molecule has 0 aliphatic carbocycles. The predicted octanol–water partition coefficient (Wildman–Crippen LogP) is 3.88. The first-order chi connectivity index (χ1) is 11.5. The van der Waals surface area contributed by atoms with E-state index in [2.05, 4.69) is 37.2 Å². The van der Waals surface area contributed by atoms with Gasteiger partial charge in [-0.1, -0.05) is 30.3 Å². The number of thioether (sulfide) groups is 1. The number of methoxy groups -OCH3 is 1. The van der Waals surface area contributed by atoms with Crippen LogP contribution in [-0.2, 0) is 11.4 Å². The van der Waals surface area contributed by atoms with Crippen LogP contribution in [0.1, 0.15) is 29.5 Å². The van der Waals surface area contributed by atoms with E-state index in [4.69, 9.17) is 4.74 Å². The SMILES string of the molecule is COc1ccc2c(c1)SCc1ccccc1[C@]2(O)CCCN(C)C. The Labute approximate surface area is 148 Å². The van der Waals surface area contributed by atoms with Gasteiger partial charge >= 0.3 is 0 Å². The van der Waals surface area contributed by atoms with Gasteiger partial charge in [0.2, 0.25) is 0 Å². The molecule has 0 saturated heterocycles. The molecule has 1 N–H and O–H groups in total. The van der Waals surface area contributed by atoms with Gasteiger partial charge in [0.25, 0.3) is 0 Å². The highest BCUT2D eigenvalue weighted by Crippen LogP contribution is 2.46. The average Bonchev–Trinajstić information content (AvgIpc) is 2.70. The van der Waals surface area contributed by atoms with Gasteiger partial charge in [0.15, 0.2) is 0 Å². The summed E-state index contributed by atoms with van der Waals surface area (Å²) < 4.78 is 5.38. The van der Waals surface area contributed by atoms with E-state index >= 15 is 0 Å². The van der Waals surface area contributed by atoms with Gasteiger partial charge in [-0.05, 0) is 56.7 Å². The first-order valence-electron chi connectivity index (χ1n) is 8.31. The Hall–Kier alpha value is -1.49. The van der Waals surface area contributed by atoms with Crippen molar-refractivity contribution in [1.82, 2.24) is 4.90 Å². The monoisotopic (exact) mass is 343 g/mol. The molecule has 0 spiro atoms. The van der Waals surface area contributed by atoms with Crippen molar-refractivity contribution in [3.63, 3.8) is 0 Å². The minimum atomic E-state index is -0.947. The lowest BCUT2D eigenvalue weighted by Gasteiger charge is -2.31. The third-order valence-corrected chi connectivity index (χ3v) is 5.73. The fourth-order valence-electron chi connectivity index (χ4n) is 3.36. The molecule has 3 nitrogen and oxygen atoms in total. The van der Waals surface area contributed by atoms with Crippen molar-refractivity contribution in [3.05, 3.63) is 59.2 Å². The molecule has 128 valence electrons. The van der Waals surface area contributed by atoms with E-state index in [1.54, 1.807) is 18.9 Å². The van der Waals surface area contributed by atoms with Gasteiger partial charge in [-0.25, -0.2) is 0 Å². The number of ether oxygens (including phenoxy) is 1. The summed E-state index contributed by atoms with van der Waals surface area (Å²) in [5, 5.41) is 11.8. The Kier molecular flexibility index (Phi) is 5.18. The number of fused-ring (bicyclic) bond motifs is 2. The second-order valence-electron chi connectivity index (χ2n) is 6.58. The zero-order valence-corrected chi connectivity index (χ0v) is 15.4. The third-order valence-electron chi connectivity index (χ3n) is 4.62. The number of benzene rings is 2. The molecule has 2 aromatic carbocycles. The minimum Gasteiger partial charge on any atom is -0.497 e. The molecule has 4 heteroatoms. The second-order valence-corrected chi connectivity index (χ2v) is 7.59. The van der Waals surface area contributed by atoms with Crippen molar-refractivity contribution in [2.75, 3.05) is 27.7 Å². The Balaban J connectivity index is 2.07. The molecule has 0 fully saturated rings. The summed E-state index contributed by atoms with van der Waals surface area (Å²) in [5.41, 5.74) is 2.31. The number of hydrogen-bond acceptors (Lipinski definition) is 4. The predicted molar refractivity (Wildman–Crippen MR) is 99.8 cm³/mol. The van der Waals surface area contributed by atoms with Crippen molar-refractivity contribution < 1.29 is 9.84 Å². The lowest BCUT2D eigenvalue weighted by atomic mass is 9.80. The maximum Gasteiger partial charge on any atom is 0.120 e. The van der Waals surface area contributed by atoms with Gasteiger partial charge < -0.3 is 14.7 Å². The molecule has 0 aromatic heterocycles. The fraction of sp³-hybridized carbons (Fsp3) is 0.400. The fourth-order valence-corrected chi connectivity index (χ4v) is 4.52. The quantitative estimate of drug-likeness (QED) is 0.893. The van der Waals surface area contributed by atoms with E-state index in [0.29, 0.717) is 6.42 Å². The normalized spacial score (nSPS) is 19.5. The molecule has 0 bridgehead atoms. The minimum absolute atomic E-state index is 0.710. The van der Waals surface area contributed by atoms with Crippen LogP contribution < -0.4 is 4.74 Å². The maximum atomic E-state index is 11.8. The Bertz CT molecular complexity index is 717. The van der Waals surface area contributed by atoms with Crippen molar-refractivity contribution in [3.8, 4) is 5.75 Å². The molecule has 2 aromatic rings. The first-order valence-corrected chi connectivity index (χ1v) is 9.30. The van der Waals surface area contributed by atoms with Crippen LogP contribution in [0.5, 0.6) is 5.75 Å². The molecule has 0 amide bonds. The summed E-state index contributed by atoms with van der Waals surface area (Å²) in [4.78, 5) is 3.27. The van der Waals surface area contributed by atoms with E-state index in [9.17, 15) is 5.11 Å². The summed E-state index contributed by atoms with van der Waals surface area (Å²) >= 11 is 1.77. The number of nitrogens with zero attached hydrogens (tertiary/aromatic N) is 1. The van der Waals surface area contributed by atoms with Crippen LogP contribution in [0.2, 0.25) is 0 Å². The van der Waals surface area contributed by atoms with Gasteiger partial charge in [0.1, 0.15) is 11.4 Å². The molecule has 0 saturated carbocycles. The summed E-state index contributed by atoms with van der Waals surface area (Å²) in [6.45, 7) is 0.961. The average molecular weight is 343 g/mol. The zero-order valence-electron chi connectivity index (χ0n) is 14.6. The van der Waals surface area contributed by atoms with Crippen LogP contribution in [0.15, 0.2) is 47.4 Å². The van der Waals surface area contributed by atoms with Crippen molar-refractivity contribution >= 4 is 11.8 Å². The molecular formula is C20H25NO2S.